The molecule has 0 saturated heterocycles. The van der Waals surface area contributed by atoms with Crippen LogP contribution in [0.5, 0.6) is 0 Å². The molecule has 20 heavy (non-hydrogen) atoms. The molecule has 0 bridgehead atoms. The van der Waals surface area contributed by atoms with Crippen LogP contribution in [0.15, 0.2) is 24.3 Å². The number of aliphatic hydroxyl groups excluding tert-OH is 2. The number of carbonyl (C=O) groups excluding carboxylic acids is 2. The summed E-state index contributed by atoms with van der Waals surface area (Å²) in [5, 5.41) is 19.3. The van der Waals surface area contributed by atoms with E-state index in [2.05, 4.69) is 0 Å². The summed E-state index contributed by atoms with van der Waals surface area (Å²) in [6.07, 6.45) is 2.48. The second-order valence-corrected chi connectivity index (χ2v) is 4.74. The van der Waals surface area contributed by atoms with Gasteiger partial charge in [0.25, 0.3) is 0 Å². The van der Waals surface area contributed by atoms with Crippen LogP contribution < -0.4 is 0 Å². The van der Waals surface area contributed by atoms with Crippen molar-refractivity contribution >= 4 is 11.9 Å². The van der Waals surface area contributed by atoms with Gasteiger partial charge in [0.1, 0.15) is 12.2 Å². The molecule has 0 aromatic carbocycles. The summed E-state index contributed by atoms with van der Waals surface area (Å²) in [5.41, 5.74) is 0. The average molecular weight is 284 g/mol. The predicted octanol–water partition coefficient (Wildman–Crippen LogP) is 0.478. The minimum atomic E-state index is -1.11. The van der Waals surface area contributed by atoms with Gasteiger partial charge in [0, 0.05) is 12.2 Å². The van der Waals surface area contributed by atoms with Crippen LogP contribution in [0.2, 0.25) is 0 Å². The van der Waals surface area contributed by atoms with Crippen molar-refractivity contribution in [3.63, 3.8) is 0 Å². The Kier molecular flexibility index (Phi) is 6.41. The van der Waals surface area contributed by atoms with E-state index < -0.39 is 30.3 Å². The second kappa shape index (κ2) is 7.81. The third kappa shape index (κ3) is 5.99. The Labute approximate surface area is 117 Å². The maximum absolute atomic E-state index is 11.5. The van der Waals surface area contributed by atoms with Crippen molar-refractivity contribution in [1.29, 1.82) is 0 Å². The van der Waals surface area contributed by atoms with E-state index in [1.165, 1.54) is 19.1 Å². The zero-order valence-corrected chi connectivity index (χ0v) is 11.6. The molecular weight excluding hydrogens is 264 g/mol. The molecule has 0 aromatic rings. The Morgan fingerprint density at radius 2 is 1.60 bits per heavy atom. The first-order chi connectivity index (χ1) is 9.38. The number of cyclic esters (lactones) is 2. The number of esters is 2. The smallest absolute Gasteiger partial charge is 0.330 e. The molecule has 0 saturated carbocycles. The molecule has 1 aliphatic rings. The lowest BCUT2D eigenvalue weighted by molar-refractivity contribution is -0.146. The largest absolute Gasteiger partial charge is 0.460 e. The maximum atomic E-state index is 11.5. The van der Waals surface area contributed by atoms with Crippen LogP contribution in [0, 0.1) is 0 Å². The molecule has 1 rings (SSSR count). The van der Waals surface area contributed by atoms with Crippen LogP contribution in [0.25, 0.3) is 0 Å². The molecule has 112 valence electrons. The fraction of sp³-hybridized carbons (Fsp3) is 0.571. The highest BCUT2D eigenvalue weighted by molar-refractivity contribution is 5.83. The lowest BCUT2D eigenvalue weighted by Gasteiger charge is -2.17. The molecule has 1 heterocycles. The van der Waals surface area contributed by atoms with Gasteiger partial charge in [-0.2, -0.15) is 0 Å². The molecule has 0 aliphatic carbocycles. The van der Waals surface area contributed by atoms with Crippen molar-refractivity contribution in [2.24, 2.45) is 0 Å². The molecular formula is C14H20O6. The standard InChI is InChI=1S/C14H20O6/c1-9-3-4-11(15)5-7-14(18)20-10(2)12(16)6-8-13(17)19-9/h5-12,15-16H,3-4H2,1-2H3/b7-5+,8-6+/t9-,10-,11-,12-/m1/s1. The number of hydrogen-bond acceptors (Lipinski definition) is 6. The Balaban J connectivity index is 2.79. The minimum Gasteiger partial charge on any atom is -0.460 e. The molecule has 0 unspecified atom stereocenters. The first kappa shape index (κ1) is 16.4. The van der Waals surface area contributed by atoms with E-state index >= 15 is 0 Å². The summed E-state index contributed by atoms with van der Waals surface area (Å²) in [6, 6.07) is 0. The number of rotatable bonds is 0. The second-order valence-electron chi connectivity index (χ2n) is 4.74. The van der Waals surface area contributed by atoms with Crippen LogP contribution in [0.3, 0.4) is 0 Å². The van der Waals surface area contributed by atoms with Crippen molar-refractivity contribution in [3.8, 4) is 0 Å². The molecule has 0 radical (unpaired) electrons. The minimum absolute atomic E-state index is 0.361. The highest BCUT2D eigenvalue weighted by atomic mass is 16.6. The van der Waals surface area contributed by atoms with Crippen molar-refractivity contribution < 1.29 is 29.3 Å². The first-order valence-electron chi connectivity index (χ1n) is 6.52. The number of aliphatic hydroxyl groups is 2. The zero-order chi connectivity index (χ0) is 15.1. The van der Waals surface area contributed by atoms with E-state index in [-0.39, 0.29) is 6.10 Å². The molecule has 0 spiro atoms. The van der Waals surface area contributed by atoms with Gasteiger partial charge in [-0.05, 0) is 38.8 Å². The highest BCUT2D eigenvalue weighted by Crippen LogP contribution is 2.09. The first-order valence-corrected chi connectivity index (χ1v) is 6.52. The molecule has 6 heteroatoms. The third-order valence-electron chi connectivity index (χ3n) is 2.85. The van der Waals surface area contributed by atoms with Crippen molar-refractivity contribution in [2.45, 2.75) is 51.1 Å². The van der Waals surface area contributed by atoms with E-state index in [4.69, 9.17) is 9.47 Å². The predicted molar refractivity (Wildman–Crippen MR) is 70.6 cm³/mol. The summed E-state index contributed by atoms with van der Waals surface area (Å²) < 4.78 is 9.99. The van der Waals surface area contributed by atoms with Gasteiger partial charge >= 0.3 is 11.9 Å². The number of carbonyl (C=O) groups is 2. The Hall–Kier alpha value is -1.66. The van der Waals surface area contributed by atoms with E-state index in [1.807, 2.05) is 0 Å². The molecule has 4 atom stereocenters. The summed E-state index contributed by atoms with van der Waals surface area (Å²) in [6.45, 7) is 3.21. The molecule has 0 amide bonds. The summed E-state index contributed by atoms with van der Waals surface area (Å²) in [4.78, 5) is 22.9. The Morgan fingerprint density at radius 3 is 2.30 bits per heavy atom. The van der Waals surface area contributed by atoms with E-state index in [0.717, 1.165) is 12.2 Å². The summed E-state index contributed by atoms with van der Waals surface area (Å²) >= 11 is 0. The quantitative estimate of drug-likeness (QED) is 0.628. The number of ether oxygens (including phenoxy) is 2. The molecule has 0 aromatic heterocycles. The van der Waals surface area contributed by atoms with Gasteiger partial charge in [0.15, 0.2) is 0 Å². The molecule has 0 fully saturated rings. The molecule has 6 nitrogen and oxygen atoms in total. The van der Waals surface area contributed by atoms with Crippen LogP contribution >= 0.6 is 0 Å². The van der Waals surface area contributed by atoms with Crippen molar-refractivity contribution in [1.82, 2.24) is 0 Å². The van der Waals surface area contributed by atoms with Gasteiger partial charge in [-0.3, -0.25) is 0 Å². The lowest BCUT2D eigenvalue weighted by Crippen LogP contribution is -2.27. The lowest BCUT2D eigenvalue weighted by atomic mass is 10.1. The Morgan fingerprint density at radius 1 is 1.00 bits per heavy atom. The Bertz CT molecular complexity index is 400. The highest BCUT2D eigenvalue weighted by Gasteiger charge is 2.17. The summed E-state index contributed by atoms with van der Waals surface area (Å²) in [5.74, 6) is -1.24. The van der Waals surface area contributed by atoms with Crippen molar-refractivity contribution in [2.75, 3.05) is 0 Å². The van der Waals surface area contributed by atoms with Crippen LogP contribution in [-0.4, -0.2) is 46.6 Å². The van der Waals surface area contributed by atoms with Gasteiger partial charge in [0.2, 0.25) is 0 Å². The monoisotopic (exact) mass is 284 g/mol. The normalized spacial score (nSPS) is 36.4. The van der Waals surface area contributed by atoms with Gasteiger partial charge in [-0.15, -0.1) is 0 Å². The fourth-order valence-corrected chi connectivity index (χ4v) is 1.61. The van der Waals surface area contributed by atoms with E-state index in [0.29, 0.717) is 12.8 Å². The molecule has 1 aliphatic heterocycles. The van der Waals surface area contributed by atoms with Crippen molar-refractivity contribution in [3.05, 3.63) is 24.3 Å². The van der Waals surface area contributed by atoms with E-state index in [1.54, 1.807) is 6.92 Å². The topological polar surface area (TPSA) is 93.1 Å². The fourth-order valence-electron chi connectivity index (χ4n) is 1.61. The van der Waals surface area contributed by atoms with E-state index in [9.17, 15) is 19.8 Å². The molecule has 2 N–H and O–H groups in total. The SMILES string of the molecule is C[C@@H]1CC[C@@H](O)/C=C/C(=O)O[C@H](C)[C@H](O)/C=C/C(=O)O1. The third-order valence-corrected chi connectivity index (χ3v) is 2.85. The van der Waals surface area contributed by atoms with Crippen LogP contribution in [0.4, 0.5) is 0 Å². The number of hydrogen-bond donors (Lipinski definition) is 2. The van der Waals surface area contributed by atoms with Gasteiger partial charge in [0.05, 0.1) is 12.2 Å². The maximum Gasteiger partial charge on any atom is 0.330 e. The van der Waals surface area contributed by atoms with Gasteiger partial charge < -0.3 is 19.7 Å². The van der Waals surface area contributed by atoms with Gasteiger partial charge in [-0.1, -0.05) is 0 Å². The summed E-state index contributed by atoms with van der Waals surface area (Å²) in [7, 11) is 0. The zero-order valence-electron chi connectivity index (χ0n) is 11.6. The van der Waals surface area contributed by atoms with Gasteiger partial charge in [-0.25, -0.2) is 9.59 Å². The van der Waals surface area contributed by atoms with Crippen LogP contribution in [-0.2, 0) is 19.1 Å². The average Bonchev–Trinajstić information content (AvgIpc) is 2.39. The van der Waals surface area contributed by atoms with Crippen LogP contribution in [0.1, 0.15) is 26.7 Å².